The summed E-state index contributed by atoms with van der Waals surface area (Å²) in [7, 11) is 0. The van der Waals surface area contributed by atoms with Crippen molar-refractivity contribution in [2.45, 2.75) is 86.6 Å². The van der Waals surface area contributed by atoms with Crippen molar-refractivity contribution >= 4 is 6.21 Å². The number of aliphatic hydroxyl groups is 8. The standard InChI is InChI=1S/C17H29NO12/c1-5-9(22)10(23)11(24)17(27-5)30-14-8(4-20)28-16(26)15(12(14)25)29-13-6(3-19)18-2-7(13)21/h2,5-17,19-26H,3-4H2,1H3/t5?,6?,7?,8-,9?,10?,11?,12-,13?,14+,15-,16+,17?/m1/s1. The van der Waals surface area contributed by atoms with Gasteiger partial charge in [-0.2, -0.15) is 0 Å². The molecule has 30 heavy (non-hydrogen) atoms. The van der Waals surface area contributed by atoms with Crippen LogP contribution in [0.15, 0.2) is 4.99 Å². The van der Waals surface area contributed by atoms with E-state index in [-0.39, 0.29) is 0 Å². The summed E-state index contributed by atoms with van der Waals surface area (Å²) in [5, 5.41) is 79.8. The van der Waals surface area contributed by atoms with Crippen LogP contribution in [0, 0.1) is 0 Å². The molecule has 2 fully saturated rings. The van der Waals surface area contributed by atoms with Crippen molar-refractivity contribution in [2.24, 2.45) is 4.99 Å². The van der Waals surface area contributed by atoms with Gasteiger partial charge in [0.15, 0.2) is 12.6 Å². The fourth-order valence-corrected chi connectivity index (χ4v) is 3.75. The van der Waals surface area contributed by atoms with Crippen LogP contribution in [0.25, 0.3) is 0 Å². The molecule has 3 aliphatic heterocycles. The maximum Gasteiger partial charge on any atom is 0.187 e. The highest BCUT2D eigenvalue weighted by Crippen LogP contribution is 2.31. The van der Waals surface area contributed by atoms with E-state index in [1.54, 1.807) is 0 Å². The second-order valence-corrected chi connectivity index (χ2v) is 7.62. The minimum Gasteiger partial charge on any atom is -0.394 e. The molecule has 3 aliphatic rings. The van der Waals surface area contributed by atoms with Crippen molar-refractivity contribution in [1.29, 1.82) is 0 Å². The lowest BCUT2D eigenvalue weighted by atomic mass is 9.96. The number of aliphatic hydroxyl groups excluding tert-OH is 8. The second kappa shape index (κ2) is 9.77. The van der Waals surface area contributed by atoms with Gasteiger partial charge in [0.1, 0.15) is 61.0 Å². The molecule has 0 saturated carbocycles. The van der Waals surface area contributed by atoms with Crippen molar-refractivity contribution < 1.29 is 59.8 Å². The number of ether oxygens (including phenoxy) is 4. The number of nitrogens with zero attached hydrogens (tertiary/aromatic N) is 1. The van der Waals surface area contributed by atoms with E-state index in [4.69, 9.17) is 18.9 Å². The van der Waals surface area contributed by atoms with E-state index in [0.29, 0.717) is 0 Å². The monoisotopic (exact) mass is 439 g/mol. The average molecular weight is 439 g/mol. The summed E-state index contributed by atoms with van der Waals surface area (Å²) in [4.78, 5) is 3.88. The summed E-state index contributed by atoms with van der Waals surface area (Å²) in [5.41, 5.74) is 0. The molecule has 0 aromatic rings. The third-order valence-corrected chi connectivity index (χ3v) is 5.56. The summed E-state index contributed by atoms with van der Waals surface area (Å²) < 4.78 is 21.7. The molecule has 0 aliphatic carbocycles. The highest BCUT2D eigenvalue weighted by molar-refractivity contribution is 5.67. The molecule has 0 amide bonds. The maximum atomic E-state index is 10.8. The van der Waals surface area contributed by atoms with Crippen LogP contribution in [0.5, 0.6) is 0 Å². The fraction of sp³-hybridized carbons (Fsp3) is 0.941. The van der Waals surface area contributed by atoms with E-state index in [9.17, 15) is 40.9 Å². The number of rotatable bonds is 6. The zero-order valence-electron chi connectivity index (χ0n) is 16.2. The number of hydrogen-bond donors (Lipinski definition) is 8. The van der Waals surface area contributed by atoms with Gasteiger partial charge in [-0.05, 0) is 6.92 Å². The molecule has 3 heterocycles. The highest BCUT2D eigenvalue weighted by Gasteiger charge is 2.51. The Morgan fingerprint density at radius 3 is 2.13 bits per heavy atom. The van der Waals surface area contributed by atoms with Crippen LogP contribution in [0.3, 0.4) is 0 Å². The van der Waals surface area contributed by atoms with Crippen LogP contribution < -0.4 is 0 Å². The molecule has 13 nitrogen and oxygen atoms in total. The third kappa shape index (κ3) is 4.53. The molecule has 0 aromatic heterocycles. The molecule has 0 bridgehead atoms. The Morgan fingerprint density at radius 1 is 0.800 bits per heavy atom. The smallest absolute Gasteiger partial charge is 0.187 e. The molecule has 13 heteroatoms. The summed E-state index contributed by atoms with van der Waals surface area (Å²) in [5.74, 6) is 0. The molecule has 2 saturated heterocycles. The van der Waals surface area contributed by atoms with E-state index in [1.165, 1.54) is 13.1 Å². The van der Waals surface area contributed by atoms with Crippen molar-refractivity contribution in [3.63, 3.8) is 0 Å². The fourth-order valence-electron chi connectivity index (χ4n) is 3.75. The Hall–Kier alpha value is -0.810. The maximum absolute atomic E-state index is 10.8. The second-order valence-electron chi connectivity index (χ2n) is 7.62. The van der Waals surface area contributed by atoms with Crippen LogP contribution in [0.1, 0.15) is 6.92 Å². The lowest BCUT2D eigenvalue weighted by molar-refractivity contribution is -0.359. The van der Waals surface area contributed by atoms with Gasteiger partial charge in [0.2, 0.25) is 0 Å². The predicted molar refractivity (Wildman–Crippen MR) is 95.2 cm³/mol. The molecule has 13 atom stereocenters. The van der Waals surface area contributed by atoms with E-state index >= 15 is 0 Å². The van der Waals surface area contributed by atoms with Crippen molar-refractivity contribution in [3.8, 4) is 0 Å². The van der Waals surface area contributed by atoms with E-state index in [2.05, 4.69) is 4.99 Å². The summed E-state index contributed by atoms with van der Waals surface area (Å²) in [6.45, 7) is 0.320. The molecule has 0 radical (unpaired) electrons. The lowest BCUT2D eigenvalue weighted by Gasteiger charge is -2.46. The van der Waals surface area contributed by atoms with Crippen molar-refractivity contribution in [1.82, 2.24) is 0 Å². The Balaban J connectivity index is 1.74. The highest BCUT2D eigenvalue weighted by atomic mass is 16.7. The lowest BCUT2D eigenvalue weighted by Crippen LogP contribution is -2.65. The first-order valence-corrected chi connectivity index (χ1v) is 9.64. The van der Waals surface area contributed by atoms with Crippen molar-refractivity contribution in [3.05, 3.63) is 0 Å². The van der Waals surface area contributed by atoms with E-state index in [1.807, 2.05) is 0 Å². The number of hydrogen-bond acceptors (Lipinski definition) is 13. The Labute approximate surface area is 171 Å². The molecule has 3 rings (SSSR count). The minimum atomic E-state index is -1.72. The molecule has 174 valence electrons. The predicted octanol–water partition coefficient (Wildman–Crippen LogP) is -5.17. The zero-order valence-corrected chi connectivity index (χ0v) is 16.2. The summed E-state index contributed by atoms with van der Waals surface area (Å²) in [6, 6.07) is -0.824. The molecular formula is C17H29NO12. The average Bonchev–Trinajstić information content (AvgIpc) is 3.08. The Kier molecular flexibility index (Phi) is 7.76. The van der Waals surface area contributed by atoms with Gasteiger partial charge in [-0.3, -0.25) is 4.99 Å². The van der Waals surface area contributed by atoms with Gasteiger partial charge in [-0.15, -0.1) is 0 Å². The van der Waals surface area contributed by atoms with Crippen LogP contribution in [-0.2, 0) is 18.9 Å². The van der Waals surface area contributed by atoms with Gasteiger partial charge in [-0.25, -0.2) is 0 Å². The first kappa shape index (κ1) is 23.8. The van der Waals surface area contributed by atoms with Crippen LogP contribution in [0.4, 0.5) is 0 Å². The van der Waals surface area contributed by atoms with Gasteiger partial charge < -0.3 is 59.8 Å². The van der Waals surface area contributed by atoms with Crippen LogP contribution in [-0.4, -0.2) is 140 Å². The first-order valence-electron chi connectivity index (χ1n) is 9.64. The van der Waals surface area contributed by atoms with Crippen LogP contribution >= 0.6 is 0 Å². The van der Waals surface area contributed by atoms with E-state index < -0.39 is 92.9 Å². The van der Waals surface area contributed by atoms with E-state index in [0.717, 1.165) is 0 Å². The third-order valence-electron chi connectivity index (χ3n) is 5.56. The Morgan fingerprint density at radius 2 is 1.50 bits per heavy atom. The first-order chi connectivity index (χ1) is 14.2. The summed E-state index contributed by atoms with van der Waals surface area (Å²) >= 11 is 0. The molecule has 8 unspecified atom stereocenters. The SMILES string of the molecule is CC1OC(O[C@@H]2[C@@H](O)[C@@H](OC3C(O)C=NC3CO)[C@@H](O)O[C@@H]2CO)C(O)C(O)C1O. The van der Waals surface area contributed by atoms with Gasteiger partial charge in [-0.1, -0.05) is 0 Å². The molecule has 0 spiro atoms. The minimum absolute atomic E-state index is 0.447. The topological polar surface area (TPSA) is 211 Å². The van der Waals surface area contributed by atoms with Gasteiger partial charge >= 0.3 is 0 Å². The zero-order chi connectivity index (χ0) is 22.2. The largest absolute Gasteiger partial charge is 0.394 e. The van der Waals surface area contributed by atoms with Crippen molar-refractivity contribution in [2.75, 3.05) is 13.2 Å². The van der Waals surface area contributed by atoms with Gasteiger partial charge in [0, 0.05) is 6.21 Å². The molecular weight excluding hydrogens is 410 g/mol. The van der Waals surface area contributed by atoms with Crippen LogP contribution in [0.2, 0.25) is 0 Å². The molecule has 8 N–H and O–H groups in total. The Bertz CT molecular complexity index is 595. The number of aliphatic imine (C=N–C) groups is 1. The van der Waals surface area contributed by atoms with Gasteiger partial charge in [0.25, 0.3) is 0 Å². The molecule has 0 aromatic carbocycles. The van der Waals surface area contributed by atoms with Gasteiger partial charge in [0.05, 0.1) is 19.3 Å². The summed E-state index contributed by atoms with van der Waals surface area (Å²) in [6.07, 6.45) is -15.6. The normalized spacial score (nSPS) is 52.0. The quantitative estimate of drug-likeness (QED) is 0.195.